The molecular weight excluding hydrogens is 570 g/mol. The smallest absolute Gasteiger partial charge is 0.338 e. The molecule has 0 saturated carbocycles. The van der Waals surface area contributed by atoms with E-state index in [9.17, 15) is 19.6 Å². The predicted molar refractivity (Wildman–Crippen MR) is 152 cm³/mol. The zero-order valence-electron chi connectivity index (χ0n) is 23.4. The number of nitrogen functional groups attached to an aromatic ring is 1. The molecule has 224 valence electrons. The van der Waals surface area contributed by atoms with Crippen molar-refractivity contribution in [3.8, 4) is 6.07 Å². The van der Waals surface area contributed by atoms with E-state index in [2.05, 4.69) is 10.3 Å². The molecule has 1 aliphatic heterocycles. The van der Waals surface area contributed by atoms with Crippen molar-refractivity contribution in [2.24, 2.45) is 0 Å². The highest BCUT2D eigenvalue weighted by Crippen LogP contribution is 2.32. The number of hydrogen-bond acceptors (Lipinski definition) is 12. The van der Waals surface area contributed by atoms with Gasteiger partial charge in [0.1, 0.15) is 12.2 Å². The number of aromatic nitrogens is 3. The van der Waals surface area contributed by atoms with Gasteiger partial charge in [0.05, 0.1) is 23.2 Å². The Bertz CT molecular complexity index is 1640. The highest BCUT2D eigenvalue weighted by Gasteiger charge is 2.53. The van der Waals surface area contributed by atoms with Crippen molar-refractivity contribution in [1.82, 2.24) is 15.0 Å². The maximum absolute atomic E-state index is 13.4. The maximum atomic E-state index is 13.4. The fraction of sp³-hybridized carbons (Fsp3) is 0.226. The first-order chi connectivity index (χ1) is 21.4. The van der Waals surface area contributed by atoms with Crippen molar-refractivity contribution in [3.63, 3.8) is 0 Å². The number of esters is 3. The number of nitrogens with zero attached hydrogens (tertiary/aromatic N) is 4. The second-order valence-corrected chi connectivity index (χ2v) is 9.60. The Hall–Kier alpha value is -5.58. The Balaban J connectivity index is 1.56. The van der Waals surface area contributed by atoms with Crippen LogP contribution in [0.5, 0.6) is 0 Å². The van der Waals surface area contributed by atoms with Gasteiger partial charge in [-0.15, -0.1) is 5.10 Å². The monoisotopic (exact) mass is 597 g/mol. The number of carbonyl (C=O) groups is 3. The average molecular weight is 598 g/mol. The van der Waals surface area contributed by atoms with Gasteiger partial charge in [-0.3, -0.25) is 0 Å². The summed E-state index contributed by atoms with van der Waals surface area (Å²) in [7, 11) is 1.31. The SMILES string of the molecule is CO[C@H]1O[C@H](Cn2nnc(C#N)c2N)[C@@H](OC(=O)c2ccccc2)[C@H](OC(=O)c2ccccc2)[C@H]1OC(=O)c1ccccc1. The molecule has 1 aliphatic rings. The van der Waals surface area contributed by atoms with E-state index >= 15 is 0 Å². The fourth-order valence-corrected chi connectivity index (χ4v) is 4.62. The van der Waals surface area contributed by atoms with E-state index in [1.807, 2.05) is 6.07 Å². The third-order valence-electron chi connectivity index (χ3n) is 6.81. The van der Waals surface area contributed by atoms with Crippen LogP contribution in [0, 0.1) is 11.3 Å². The van der Waals surface area contributed by atoms with Gasteiger partial charge in [0, 0.05) is 7.11 Å². The van der Waals surface area contributed by atoms with Crippen LogP contribution in [0.25, 0.3) is 0 Å². The van der Waals surface area contributed by atoms with Gasteiger partial charge >= 0.3 is 17.9 Å². The van der Waals surface area contributed by atoms with Crippen LogP contribution in [-0.4, -0.2) is 70.7 Å². The summed E-state index contributed by atoms with van der Waals surface area (Å²) < 4.78 is 30.6. The minimum atomic E-state index is -1.44. The average Bonchev–Trinajstić information content (AvgIpc) is 3.42. The van der Waals surface area contributed by atoms with Crippen LogP contribution in [0.15, 0.2) is 91.0 Å². The van der Waals surface area contributed by atoms with Gasteiger partial charge in [-0.1, -0.05) is 59.8 Å². The molecule has 0 aliphatic carbocycles. The van der Waals surface area contributed by atoms with Crippen LogP contribution in [0.3, 0.4) is 0 Å². The number of nitrogens with two attached hydrogens (primary N) is 1. The first kappa shape index (κ1) is 29.9. The Morgan fingerprint density at radius 1 is 0.795 bits per heavy atom. The lowest BCUT2D eigenvalue weighted by Gasteiger charge is -2.44. The van der Waals surface area contributed by atoms with E-state index in [-0.39, 0.29) is 34.7 Å². The van der Waals surface area contributed by atoms with Gasteiger partial charge in [-0.25, -0.2) is 19.1 Å². The molecule has 1 aromatic heterocycles. The van der Waals surface area contributed by atoms with Crippen molar-refractivity contribution in [1.29, 1.82) is 5.26 Å². The number of anilines is 1. The molecule has 4 aromatic rings. The summed E-state index contributed by atoms with van der Waals surface area (Å²) in [5.74, 6) is -2.36. The molecule has 1 saturated heterocycles. The zero-order chi connectivity index (χ0) is 31.1. The van der Waals surface area contributed by atoms with E-state index < -0.39 is 48.6 Å². The summed E-state index contributed by atoms with van der Waals surface area (Å²) in [5.41, 5.74) is 6.55. The first-order valence-electron chi connectivity index (χ1n) is 13.4. The normalized spacial score (nSPS) is 21.0. The first-order valence-corrected chi connectivity index (χ1v) is 13.4. The number of rotatable bonds is 9. The van der Waals surface area contributed by atoms with Crippen molar-refractivity contribution in [3.05, 3.63) is 113 Å². The minimum absolute atomic E-state index is 0.0614. The summed E-state index contributed by atoms with van der Waals surface area (Å²) in [6.45, 7) is -0.203. The zero-order valence-corrected chi connectivity index (χ0v) is 23.4. The van der Waals surface area contributed by atoms with Crippen LogP contribution >= 0.6 is 0 Å². The molecular formula is C31H27N5O8. The van der Waals surface area contributed by atoms with Crippen molar-refractivity contribution in [2.45, 2.75) is 37.3 Å². The lowest BCUT2D eigenvalue weighted by atomic mass is 9.97. The lowest BCUT2D eigenvalue weighted by molar-refractivity contribution is -0.289. The molecule has 3 aromatic carbocycles. The summed E-state index contributed by atoms with van der Waals surface area (Å²) in [5, 5.41) is 17.0. The number of ether oxygens (including phenoxy) is 5. The molecule has 0 unspecified atom stereocenters. The summed E-state index contributed by atoms with van der Waals surface area (Å²) in [6.07, 6.45) is -6.65. The minimum Gasteiger partial charge on any atom is -0.452 e. The van der Waals surface area contributed by atoms with Gasteiger partial charge in [0.15, 0.2) is 30.4 Å². The largest absolute Gasteiger partial charge is 0.452 e. The van der Waals surface area contributed by atoms with E-state index in [0.29, 0.717) is 0 Å². The topological polar surface area (TPSA) is 178 Å². The van der Waals surface area contributed by atoms with Crippen LogP contribution in [-0.2, 0) is 30.2 Å². The highest BCUT2D eigenvalue weighted by molar-refractivity contribution is 5.91. The second kappa shape index (κ2) is 13.6. The van der Waals surface area contributed by atoms with Crippen LogP contribution < -0.4 is 5.73 Å². The molecule has 2 heterocycles. The molecule has 5 atom stereocenters. The molecule has 0 amide bonds. The molecule has 13 nitrogen and oxygen atoms in total. The quantitative estimate of drug-likeness (QED) is 0.221. The Kier molecular flexibility index (Phi) is 9.24. The van der Waals surface area contributed by atoms with E-state index in [0.717, 1.165) is 0 Å². The molecule has 0 bridgehead atoms. The standard InChI is InChI=1S/C31H27N5O8/c1-40-31-26(44-30(39)21-15-9-4-10-16-21)25(43-29(38)20-13-7-3-8-14-20)24(42-28(37)19-11-5-2-6-12-19)23(41-31)18-36-27(33)22(17-32)34-35-36/h2-16,23-26,31H,18,33H2,1H3/t23-,24-,25+,26-,31+/m1/s1. The van der Waals surface area contributed by atoms with Crippen LogP contribution in [0.1, 0.15) is 36.8 Å². The van der Waals surface area contributed by atoms with Gasteiger partial charge in [-0.05, 0) is 36.4 Å². The Morgan fingerprint density at radius 2 is 1.25 bits per heavy atom. The molecule has 2 N–H and O–H groups in total. The maximum Gasteiger partial charge on any atom is 0.338 e. The summed E-state index contributed by atoms with van der Waals surface area (Å²) >= 11 is 0. The molecule has 44 heavy (non-hydrogen) atoms. The number of methoxy groups -OCH3 is 1. The second-order valence-electron chi connectivity index (χ2n) is 9.60. The number of hydrogen-bond donors (Lipinski definition) is 1. The van der Waals surface area contributed by atoms with Gasteiger partial charge in [0.25, 0.3) is 0 Å². The Labute approximate surface area is 251 Å². The third-order valence-corrected chi connectivity index (χ3v) is 6.81. The predicted octanol–water partition coefficient (Wildman–Crippen LogP) is 2.78. The van der Waals surface area contributed by atoms with E-state index in [1.54, 1.807) is 91.0 Å². The number of nitriles is 1. The third kappa shape index (κ3) is 6.57. The number of benzene rings is 3. The van der Waals surface area contributed by atoms with Gasteiger partial charge < -0.3 is 29.4 Å². The summed E-state index contributed by atoms with van der Waals surface area (Å²) in [6, 6.07) is 26.3. The van der Waals surface area contributed by atoms with Crippen molar-refractivity contribution >= 4 is 23.7 Å². The van der Waals surface area contributed by atoms with Crippen LogP contribution in [0.2, 0.25) is 0 Å². The summed E-state index contributed by atoms with van der Waals surface area (Å²) in [4.78, 5) is 40.0. The van der Waals surface area contributed by atoms with E-state index in [1.165, 1.54) is 11.8 Å². The molecule has 0 spiro atoms. The molecule has 0 radical (unpaired) electrons. The van der Waals surface area contributed by atoms with Gasteiger partial charge in [0.2, 0.25) is 5.69 Å². The molecule has 5 rings (SSSR count). The lowest BCUT2D eigenvalue weighted by Crippen LogP contribution is -2.62. The van der Waals surface area contributed by atoms with E-state index in [4.69, 9.17) is 29.4 Å². The number of carbonyl (C=O) groups excluding carboxylic acids is 3. The highest BCUT2D eigenvalue weighted by atomic mass is 16.7. The van der Waals surface area contributed by atoms with Crippen molar-refractivity contribution in [2.75, 3.05) is 12.8 Å². The van der Waals surface area contributed by atoms with Crippen molar-refractivity contribution < 1.29 is 38.1 Å². The molecule has 13 heteroatoms. The molecule has 1 fully saturated rings. The van der Waals surface area contributed by atoms with Gasteiger partial charge in [-0.2, -0.15) is 5.26 Å². The van der Waals surface area contributed by atoms with Crippen LogP contribution in [0.4, 0.5) is 5.82 Å². The fourth-order valence-electron chi connectivity index (χ4n) is 4.62. The Morgan fingerprint density at radius 3 is 1.68 bits per heavy atom.